The Morgan fingerprint density at radius 2 is 2.13 bits per heavy atom. The molecule has 2 fully saturated rings. The zero-order valence-electron chi connectivity index (χ0n) is 14.1. The molecule has 0 radical (unpaired) electrons. The molecule has 1 amide bonds. The quantitative estimate of drug-likeness (QED) is 0.930. The van der Waals surface area contributed by atoms with Crippen molar-refractivity contribution in [2.75, 3.05) is 13.2 Å². The van der Waals surface area contributed by atoms with Crippen molar-refractivity contribution >= 4 is 5.91 Å². The van der Waals surface area contributed by atoms with E-state index in [0.717, 1.165) is 37.0 Å². The molecule has 3 rings (SSSR count). The lowest BCUT2D eigenvalue weighted by Gasteiger charge is -2.52. The van der Waals surface area contributed by atoms with Gasteiger partial charge in [0.15, 0.2) is 0 Å². The Morgan fingerprint density at radius 3 is 2.87 bits per heavy atom. The molecule has 3 atom stereocenters. The number of likely N-dealkylation sites (tertiary alicyclic amines) is 1. The van der Waals surface area contributed by atoms with Crippen LogP contribution in [-0.2, 0) is 4.79 Å². The van der Waals surface area contributed by atoms with E-state index in [2.05, 4.69) is 0 Å². The van der Waals surface area contributed by atoms with Gasteiger partial charge in [-0.25, -0.2) is 0 Å². The number of hydrogen-bond acceptors (Lipinski definition) is 3. The highest BCUT2D eigenvalue weighted by Gasteiger charge is 2.50. The van der Waals surface area contributed by atoms with Crippen molar-refractivity contribution < 1.29 is 14.6 Å². The van der Waals surface area contributed by atoms with Crippen molar-refractivity contribution in [3.63, 3.8) is 0 Å². The van der Waals surface area contributed by atoms with Gasteiger partial charge >= 0.3 is 0 Å². The van der Waals surface area contributed by atoms with Crippen molar-refractivity contribution in [3.05, 3.63) is 29.8 Å². The fraction of sp³-hybridized carbons (Fsp3) is 0.632. The number of nitrogens with zero attached hydrogens (tertiary/aromatic N) is 1. The summed E-state index contributed by atoms with van der Waals surface area (Å²) in [7, 11) is 0. The predicted molar refractivity (Wildman–Crippen MR) is 89.3 cm³/mol. The minimum Gasteiger partial charge on any atom is -0.494 e. The highest BCUT2D eigenvalue weighted by atomic mass is 16.5. The molecule has 0 bridgehead atoms. The second-order valence-electron chi connectivity index (χ2n) is 6.83. The van der Waals surface area contributed by atoms with Crippen LogP contribution in [0, 0.1) is 5.92 Å². The lowest BCUT2D eigenvalue weighted by atomic mass is 9.66. The van der Waals surface area contributed by atoms with Crippen LogP contribution < -0.4 is 4.74 Å². The molecule has 23 heavy (non-hydrogen) atoms. The number of aliphatic hydroxyl groups is 1. The lowest BCUT2D eigenvalue weighted by molar-refractivity contribution is -0.153. The van der Waals surface area contributed by atoms with Crippen molar-refractivity contribution in [2.24, 2.45) is 5.92 Å². The summed E-state index contributed by atoms with van der Waals surface area (Å²) < 4.78 is 5.81. The van der Waals surface area contributed by atoms with Crippen molar-refractivity contribution in [2.45, 2.75) is 57.6 Å². The van der Waals surface area contributed by atoms with Gasteiger partial charge in [0, 0.05) is 24.9 Å². The van der Waals surface area contributed by atoms with Crippen LogP contribution in [0.25, 0.3) is 0 Å². The number of piperidine rings is 1. The van der Waals surface area contributed by atoms with Crippen molar-refractivity contribution in [3.8, 4) is 5.75 Å². The number of para-hydroxylation sites is 1. The number of fused-ring (bicyclic) bond motifs is 1. The molecule has 4 nitrogen and oxygen atoms in total. The largest absolute Gasteiger partial charge is 0.494 e. The molecule has 1 saturated heterocycles. The first-order valence-corrected chi connectivity index (χ1v) is 8.78. The zero-order chi connectivity index (χ0) is 16.4. The molecule has 126 valence electrons. The number of ether oxygens (including phenoxy) is 1. The Morgan fingerprint density at radius 1 is 1.35 bits per heavy atom. The Bertz CT molecular complexity index is 573. The molecule has 2 aliphatic rings. The second-order valence-corrected chi connectivity index (χ2v) is 6.83. The first-order valence-electron chi connectivity index (χ1n) is 8.78. The molecule has 1 aromatic carbocycles. The monoisotopic (exact) mass is 317 g/mol. The lowest BCUT2D eigenvalue weighted by Crippen LogP contribution is -2.55. The molecule has 4 heteroatoms. The second kappa shape index (κ2) is 6.52. The summed E-state index contributed by atoms with van der Waals surface area (Å²) >= 11 is 0. The predicted octanol–water partition coefficient (Wildman–Crippen LogP) is 3.30. The number of benzene rings is 1. The van der Waals surface area contributed by atoms with Gasteiger partial charge in [0.2, 0.25) is 5.91 Å². The highest BCUT2D eigenvalue weighted by molar-refractivity contribution is 5.74. The fourth-order valence-electron chi connectivity index (χ4n) is 4.43. The Kier molecular flexibility index (Phi) is 4.62. The maximum Gasteiger partial charge on any atom is 0.219 e. The summed E-state index contributed by atoms with van der Waals surface area (Å²) in [6, 6.07) is 7.88. The van der Waals surface area contributed by atoms with Crippen LogP contribution >= 0.6 is 0 Å². The molecule has 0 unspecified atom stereocenters. The van der Waals surface area contributed by atoms with Crippen LogP contribution in [0.2, 0.25) is 0 Å². The number of carbonyl (C=O) groups excluding carboxylic acids is 1. The molecular weight excluding hydrogens is 290 g/mol. The van der Waals surface area contributed by atoms with E-state index >= 15 is 0 Å². The van der Waals surface area contributed by atoms with Gasteiger partial charge in [-0.05, 0) is 32.3 Å². The molecule has 0 spiro atoms. The van der Waals surface area contributed by atoms with E-state index in [9.17, 15) is 9.90 Å². The summed E-state index contributed by atoms with van der Waals surface area (Å²) in [5.41, 5.74) is 0.392. The van der Waals surface area contributed by atoms with Crippen LogP contribution in [-0.4, -0.2) is 34.7 Å². The first-order chi connectivity index (χ1) is 11.1. The zero-order valence-corrected chi connectivity index (χ0v) is 14.1. The van der Waals surface area contributed by atoms with Gasteiger partial charge in [-0.2, -0.15) is 0 Å². The van der Waals surface area contributed by atoms with Gasteiger partial charge in [0.1, 0.15) is 5.75 Å². The van der Waals surface area contributed by atoms with E-state index in [1.54, 1.807) is 6.92 Å². The normalized spacial score (nSPS) is 30.7. The van der Waals surface area contributed by atoms with Crippen LogP contribution in [0.4, 0.5) is 0 Å². The molecule has 1 heterocycles. The molecule has 0 aromatic heterocycles. The van der Waals surface area contributed by atoms with E-state index < -0.39 is 5.60 Å². The van der Waals surface area contributed by atoms with Crippen LogP contribution in [0.3, 0.4) is 0 Å². The maximum absolute atomic E-state index is 12.2. The van der Waals surface area contributed by atoms with E-state index in [-0.39, 0.29) is 17.9 Å². The van der Waals surface area contributed by atoms with Gasteiger partial charge in [-0.1, -0.05) is 31.0 Å². The average Bonchev–Trinajstić information content (AvgIpc) is 2.54. The minimum absolute atomic E-state index is 0.0777. The smallest absolute Gasteiger partial charge is 0.219 e. The van der Waals surface area contributed by atoms with Crippen LogP contribution in [0.1, 0.15) is 57.6 Å². The van der Waals surface area contributed by atoms with Gasteiger partial charge in [0.25, 0.3) is 0 Å². The van der Waals surface area contributed by atoms with Gasteiger partial charge in [-0.3, -0.25) is 4.79 Å². The summed E-state index contributed by atoms with van der Waals surface area (Å²) in [6.07, 6.45) is 4.69. The van der Waals surface area contributed by atoms with Crippen molar-refractivity contribution in [1.29, 1.82) is 0 Å². The van der Waals surface area contributed by atoms with Gasteiger partial charge in [-0.15, -0.1) is 0 Å². The standard InChI is InChI=1S/C19H27NO3/c1-3-23-17-10-5-4-8-15(17)18-16-9-6-7-11-19(16,22)12-13-20(18)14(2)21/h4-5,8,10,16,18,22H,3,6-7,9,11-13H2,1-2H3/t16-,18-,19-/m0/s1. The highest BCUT2D eigenvalue weighted by Crippen LogP contribution is 2.50. The van der Waals surface area contributed by atoms with E-state index in [4.69, 9.17) is 4.74 Å². The SMILES string of the molecule is CCOc1ccccc1[C@H]1[C@@H]2CCCC[C@]2(O)CCN1C(C)=O. The van der Waals surface area contributed by atoms with Crippen LogP contribution in [0.15, 0.2) is 24.3 Å². The number of carbonyl (C=O) groups is 1. The maximum atomic E-state index is 12.2. The summed E-state index contributed by atoms with van der Waals surface area (Å²) in [5.74, 6) is 1.01. The summed E-state index contributed by atoms with van der Waals surface area (Å²) in [4.78, 5) is 14.2. The molecule has 1 N–H and O–H groups in total. The third-order valence-electron chi connectivity index (χ3n) is 5.51. The van der Waals surface area contributed by atoms with Gasteiger partial charge in [0.05, 0.1) is 18.2 Å². The van der Waals surface area contributed by atoms with E-state index in [1.165, 1.54) is 0 Å². The first kappa shape index (κ1) is 16.3. The average molecular weight is 317 g/mol. The Hall–Kier alpha value is -1.55. The van der Waals surface area contributed by atoms with Gasteiger partial charge < -0.3 is 14.7 Å². The van der Waals surface area contributed by atoms with Crippen molar-refractivity contribution in [1.82, 2.24) is 4.90 Å². The summed E-state index contributed by atoms with van der Waals surface area (Å²) in [6.45, 7) is 4.81. The Balaban J connectivity index is 2.05. The fourth-order valence-corrected chi connectivity index (χ4v) is 4.43. The molecule has 1 saturated carbocycles. The Labute approximate surface area is 138 Å². The molecule has 1 aromatic rings. The summed E-state index contributed by atoms with van der Waals surface area (Å²) in [5, 5.41) is 11.2. The number of amides is 1. The third kappa shape index (κ3) is 2.97. The number of hydrogen-bond donors (Lipinski definition) is 1. The third-order valence-corrected chi connectivity index (χ3v) is 5.51. The van der Waals surface area contributed by atoms with E-state index in [0.29, 0.717) is 19.6 Å². The topological polar surface area (TPSA) is 49.8 Å². The molecule has 1 aliphatic carbocycles. The molecular formula is C19H27NO3. The minimum atomic E-state index is -0.645. The van der Waals surface area contributed by atoms with Crippen LogP contribution in [0.5, 0.6) is 5.75 Å². The molecule has 1 aliphatic heterocycles. The number of rotatable bonds is 3. The van der Waals surface area contributed by atoms with E-state index in [1.807, 2.05) is 36.1 Å².